The van der Waals surface area contributed by atoms with Gasteiger partial charge in [-0.1, -0.05) is 34.1 Å². The first kappa shape index (κ1) is 22.2. The van der Waals surface area contributed by atoms with Crippen molar-refractivity contribution in [2.24, 2.45) is 10.5 Å². The van der Waals surface area contributed by atoms with E-state index in [1.807, 2.05) is 49.4 Å². The second-order valence-electron chi connectivity index (χ2n) is 9.41. The molecule has 0 aliphatic carbocycles. The number of benzene rings is 3. The van der Waals surface area contributed by atoms with Gasteiger partial charge in [0.05, 0.1) is 24.6 Å². The molecule has 1 fully saturated rings. The Morgan fingerprint density at radius 3 is 2.51 bits per heavy atom. The lowest BCUT2D eigenvalue weighted by molar-refractivity contribution is -0.125. The number of fused-ring (bicyclic) bond motifs is 4. The van der Waals surface area contributed by atoms with E-state index in [1.165, 1.54) is 11.3 Å². The molecule has 1 saturated heterocycles. The van der Waals surface area contributed by atoms with Crippen molar-refractivity contribution < 1.29 is 9.53 Å². The van der Waals surface area contributed by atoms with Gasteiger partial charge in [0.1, 0.15) is 11.2 Å². The maximum Gasteiger partial charge on any atom is 0.261 e. The normalized spacial score (nSPS) is 23.3. The maximum absolute atomic E-state index is 14.3. The van der Waals surface area contributed by atoms with Gasteiger partial charge in [-0.15, -0.1) is 0 Å². The van der Waals surface area contributed by atoms with Gasteiger partial charge in [-0.05, 0) is 73.5 Å². The number of piperazine rings is 1. The van der Waals surface area contributed by atoms with E-state index in [1.54, 1.807) is 12.1 Å². The van der Waals surface area contributed by atoms with E-state index in [2.05, 4.69) is 56.1 Å². The standard InChI is InChI=1S/C28H27BrN4O2/c1-19-28(27(34)33(30-19)23-6-4-3-5-7-23)17-20-16-21(29)8-13-25(20)32-15-14-31(18-26(28)32)22-9-11-24(35-2)12-10-22/h3-13,16,26H,14-15,17-18H2,1-2H3. The fourth-order valence-electron chi connectivity index (χ4n) is 5.87. The monoisotopic (exact) mass is 530 g/mol. The van der Waals surface area contributed by atoms with Crippen molar-refractivity contribution in [3.8, 4) is 5.75 Å². The van der Waals surface area contributed by atoms with Crippen LogP contribution in [0.2, 0.25) is 0 Å². The maximum atomic E-state index is 14.3. The van der Waals surface area contributed by atoms with Crippen molar-refractivity contribution in [2.75, 3.05) is 41.6 Å². The number of para-hydroxylation sites is 1. The lowest BCUT2D eigenvalue weighted by Crippen LogP contribution is -2.67. The Morgan fingerprint density at radius 2 is 1.77 bits per heavy atom. The number of methoxy groups -OCH3 is 1. The van der Waals surface area contributed by atoms with Crippen LogP contribution in [0, 0.1) is 5.41 Å². The molecule has 3 aliphatic heterocycles. The van der Waals surface area contributed by atoms with E-state index >= 15 is 0 Å². The highest BCUT2D eigenvalue weighted by atomic mass is 79.9. The van der Waals surface area contributed by atoms with Gasteiger partial charge < -0.3 is 14.5 Å². The summed E-state index contributed by atoms with van der Waals surface area (Å²) in [7, 11) is 1.68. The van der Waals surface area contributed by atoms with Crippen LogP contribution in [0.1, 0.15) is 12.5 Å². The molecule has 0 aromatic heterocycles. The largest absolute Gasteiger partial charge is 0.497 e. The molecule has 3 aromatic rings. The number of carbonyl (C=O) groups is 1. The van der Waals surface area contributed by atoms with E-state index < -0.39 is 5.41 Å². The third-order valence-corrected chi connectivity index (χ3v) is 8.17. The Labute approximate surface area is 213 Å². The molecular formula is C28H27BrN4O2. The first-order valence-corrected chi connectivity index (χ1v) is 12.7. The summed E-state index contributed by atoms with van der Waals surface area (Å²) in [5.74, 6) is 0.895. The summed E-state index contributed by atoms with van der Waals surface area (Å²) in [6.07, 6.45) is 0.636. The number of halogens is 1. The fourth-order valence-corrected chi connectivity index (χ4v) is 6.28. The zero-order chi connectivity index (χ0) is 24.2. The first-order valence-electron chi connectivity index (χ1n) is 11.9. The summed E-state index contributed by atoms with van der Waals surface area (Å²) < 4.78 is 6.38. The number of nitrogens with zero attached hydrogens (tertiary/aromatic N) is 4. The van der Waals surface area contributed by atoms with Gasteiger partial charge in [0.15, 0.2) is 0 Å². The molecule has 3 aliphatic rings. The molecule has 2 atom stereocenters. The van der Waals surface area contributed by atoms with E-state index in [4.69, 9.17) is 9.84 Å². The Balaban J connectivity index is 1.44. The minimum atomic E-state index is -0.727. The number of hydrogen-bond donors (Lipinski definition) is 0. The highest BCUT2D eigenvalue weighted by molar-refractivity contribution is 9.10. The zero-order valence-corrected chi connectivity index (χ0v) is 21.4. The number of rotatable bonds is 3. The molecule has 35 heavy (non-hydrogen) atoms. The first-order chi connectivity index (χ1) is 17.0. The lowest BCUT2D eigenvalue weighted by Gasteiger charge is -2.53. The van der Waals surface area contributed by atoms with Crippen molar-refractivity contribution in [2.45, 2.75) is 19.4 Å². The van der Waals surface area contributed by atoms with Crippen LogP contribution in [0.4, 0.5) is 17.1 Å². The second kappa shape index (κ2) is 8.41. The second-order valence-corrected chi connectivity index (χ2v) is 10.3. The van der Waals surface area contributed by atoms with Crippen LogP contribution in [0.3, 0.4) is 0 Å². The summed E-state index contributed by atoms with van der Waals surface area (Å²) in [5.41, 5.74) is 4.51. The predicted molar refractivity (Wildman–Crippen MR) is 144 cm³/mol. The topological polar surface area (TPSA) is 48.4 Å². The third-order valence-electron chi connectivity index (χ3n) is 7.68. The van der Waals surface area contributed by atoms with Crippen LogP contribution in [-0.4, -0.2) is 44.4 Å². The van der Waals surface area contributed by atoms with E-state index in [0.717, 1.165) is 46.9 Å². The van der Waals surface area contributed by atoms with Gasteiger partial charge in [-0.2, -0.15) is 10.1 Å². The number of anilines is 3. The van der Waals surface area contributed by atoms with Crippen LogP contribution < -0.4 is 19.5 Å². The predicted octanol–water partition coefficient (Wildman–Crippen LogP) is 5.12. The Morgan fingerprint density at radius 1 is 1.00 bits per heavy atom. The Kier molecular flexibility index (Phi) is 5.33. The van der Waals surface area contributed by atoms with Crippen LogP contribution >= 0.6 is 15.9 Å². The van der Waals surface area contributed by atoms with Crippen LogP contribution in [0.15, 0.2) is 82.4 Å². The fraction of sp³-hybridized carbons (Fsp3) is 0.286. The molecule has 0 radical (unpaired) electrons. The van der Waals surface area contributed by atoms with Gasteiger partial charge in [0.25, 0.3) is 5.91 Å². The van der Waals surface area contributed by atoms with Gasteiger partial charge in [0, 0.05) is 35.5 Å². The average molecular weight is 531 g/mol. The van der Waals surface area contributed by atoms with Crippen LogP contribution in [0.5, 0.6) is 5.75 Å². The molecule has 0 saturated carbocycles. The molecule has 2 unspecified atom stereocenters. The minimum Gasteiger partial charge on any atom is -0.497 e. The summed E-state index contributed by atoms with van der Waals surface area (Å²) in [6, 6.07) is 24.4. The smallest absolute Gasteiger partial charge is 0.261 e. The molecule has 0 N–H and O–H groups in total. The molecule has 3 heterocycles. The molecule has 0 bridgehead atoms. The van der Waals surface area contributed by atoms with E-state index in [9.17, 15) is 4.79 Å². The molecular weight excluding hydrogens is 504 g/mol. The summed E-state index contributed by atoms with van der Waals surface area (Å²) >= 11 is 3.64. The summed E-state index contributed by atoms with van der Waals surface area (Å²) in [6.45, 7) is 4.47. The molecule has 178 valence electrons. The number of ether oxygens (including phenoxy) is 1. The number of amides is 1. The SMILES string of the molecule is COc1ccc(N2CCN3c4ccc(Br)cc4CC4(C(=O)N(c5ccccc5)N=C4C)C3C2)cc1. The summed E-state index contributed by atoms with van der Waals surface area (Å²) in [5, 5.41) is 6.46. The van der Waals surface area contributed by atoms with E-state index in [0.29, 0.717) is 6.42 Å². The zero-order valence-electron chi connectivity index (χ0n) is 19.8. The highest BCUT2D eigenvalue weighted by Crippen LogP contribution is 2.49. The van der Waals surface area contributed by atoms with Crippen LogP contribution in [0.25, 0.3) is 0 Å². The Hall–Kier alpha value is -3.32. The molecule has 1 amide bonds. The average Bonchev–Trinajstić information content (AvgIpc) is 3.14. The van der Waals surface area contributed by atoms with Gasteiger partial charge in [-0.25, -0.2) is 0 Å². The minimum absolute atomic E-state index is 0.0306. The van der Waals surface area contributed by atoms with Gasteiger partial charge >= 0.3 is 0 Å². The number of carbonyl (C=O) groups excluding carboxylic acids is 1. The van der Waals surface area contributed by atoms with Crippen LogP contribution in [-0.2, 0) is 11.2 Å². The molecule has 1 spiro atoms. The van der Waals surface area contributed by atoms with Crippen molar-refractivity contribution in [3.63, 3.8) is 0 Å². The summed E-state index contributed by atoms with van der Waals surface area (Å²) in [4.78, 5) is 19.1. The molecule has 6 nitrogen and oxygen atoms in total. The van der Waals surface area contributed by atoms with Gasteiger partial charge in [0.2, 0.25) is 0 Å². The van der Waals surface area contributed by atoms with Crippen molar-refractivity contribution in [3.05, 3.63) is 82.8 Å². The molecule has 6 rings (SSSR count). The van der Waals surface area contributed by atoms with Crippen molar-refractivity contribution >= 4 is 44.6 Å². The van der Waals surface area contributed by atoms with Crippen molar-refractivity contribution in [1.82, 2.24) is 0 Å². The third kappa shape index (κ3) is 3.44. The Bertz CT molecular complexity index is 1310. The molecule has 3 aromatic carbocycles. The lowest BCUT2D eigenvalue weighted by atomic mass is 9.67. The quantitative estimate of drug-likeness (QED) is 0.471. The van der Waals surface area contributed by atoms with Gasteiger partial charge in [-0.3, -0.25) is 4.79 Å². The highest BCUT2D eigenvalue weighted by Gasteiger charge is 2.60. The van der Waals surface area contributed by atoms with E-state index in [-0.39, 0.29) is 11.9 Å². The number of hydrazone groups is 1. The molecule has 7 heteroatoms. The van der Waals surface area contributed by atoms with Crippen molar-refractivity contribution in [1.29, 1.82) is 0 Å². The number of hydrogen-bond acceptors (Lipinski definition) is 5.